The van der Waals surface area contributed by atoms with Crippen LogP contribution >= 0.6 is 31.9 Å². The zero-order chi connectivity index (χ0) is 28.4. The summed E-state index contributed by atoms with van der Waals surface area (Å²) in [5.41, 5.74) is 1.26. The van der Waals surface area contributed by atoms with Gasteiger partial charge < -0.3 is 4.74 Å². The van der Waals surface area contributed by atoms with Gasteiger partial charge in [0.1, 0.15) is 12.4 Å². The van der Waals surface area contributed by atoms with E-state index in [1.165, 1.54) is 17.0 Å². The maximum absolute atomic E-state index is 13.5. The SMILES string of the molecule is CC[C@H](C)c1nc2ccc(Br)cc2c(=O)n1N=Cc1cc(Br)cc([N+](=O)[O-])c1OCc1cccc2ccccc12. The molecular weight excluding hydrogens is 640 g/mol. The van der Waals surface area contributed by atoms with Crippen molar-refractivity contribution in [2.45, 2.75) is 32.8 Å². The topological polar surface area (TPSA) is 99.6 Å². The first kappa shape index (κ1) is 27.7. The van der Waals surface area contributed by atoms with E-state index in [9.17, 15) is 14.9 Å². The van der Waals surface area contributed by atoms with Crippen molar-refractivity contribution >= 4 is 65.4 Å². The fourth-order valence-electron chi connectivity index (χ4n) is 4.46. The second-order valence-corrected chi connectivity index (χ2v) is 11.2. The lowest BCUT2D eigenvalue weighted by Crippen LogP contribution is -2.23. The summed E-state index contributed by atoms with van der Waals surface area (Å²) in [6, 6.07) is 22.1. The van der Waals surface area contributed by atoms with E-state index in [2.05, 4.69) is 37.0 Å². The summed E-state index contributed by atoms with van der Waals surface area (Å²) in [7, 11) is 0. The molecule has 1 heterocycles. The lowest BCUT2D eigenvalue weighted by Gasteiger charge is -2.15. The molecule has 0 aliphatic heterocycles. The van der Waals surface area contributed by atoms with Crippen molar-refractivity contribution in [2.75, 3.05) is 0 Å². The molecule has 0 radical (unpaired) electrons. The van der Waals surface area contributed by atoms with E-state index in [1.807, 2.05) is 62.4 Å². The van der Waals surface area contributed by atoms with Crippen molar-refractivity contribution in [2.24, 2.45) is 5.10 Å². The summed E-state index contributed by atoms with van der Waals surface area (Å²) >= 11 is 6.78. The number of fused-ring (bicyclic) bond motifs is 2. The van der Waals surface area contributed by atoms with E-state index in [0.29, 0.717) is 26.8 Å². The Morgan fingerprint density at radius 1 is 1.05 bits per heavy atom. The van der Waals surface area contributed by atoms with Gasteiger partial charge in [0.15, 0.2) is 0 Å². The number of nitro groups is 1. The van der Waals surface area contributed by atoms with Crippen molar-refractivity contribution in [3.05, 3.63) is 119 Å². The van der Waals surface area contributed by atoms with Crippen molar-refractivity contribution < 1.29 is 9.66 Å². The van der Waals surface area contributed by atoms with Crippen LogP contribution in [0.3, 0.4) is 0 Å². The third-order valence-electron chi connectivity index (χ3n) is 6.71. The number of aromatic nitrogens is 2. The van der Waals surface area contributed by atoms with Gasteiger partial charge in [0.2, 0.25) is 5.75 Å². The average molecular weight is 664 g/mol. The minimum absolute atomic E-state index is 0.0551. The Hall–Kier alpha value is -3.89. The quantitative estimate of drug-likeness (QED) is 0.0953. The molecule has 0 spiro atoms. The summed E-state index contributed by atoms with van der Waals surface area (Å²) in [6.07, 6.45) is 2.15. The Kier molecular flexibility index (Phi) is 8.09. The monoisotopic (exact) mass is 662 g/mol. The molecule has 4 aromatic carbocycles. The van der Waals surface area contributed by atoms with Crippen LogP contribution in [0, 0.1) is 10.1 Å². The number of nitro benzene ring substituents is 1. The van der Waals surface area contributed by atoms with Crippen LogP contribution in [0.25, 0.3) is 21.7 Å². The van der Waals surface area contributed by atoms with Crippen molar-refractivity contribution in [1.82, 2.24) is 9.66 Å². The molecule has 1 aromatic heterocycles. The molecule has 0 bridgehead atoms. The van der Waals surface area contributed by atoms with Crippen molar-refractivity contribution in [3.63, 3.8) is 0 Å². The Labute approximate surface area is 246 Å². The van der Waals surface area contributed by atoms with Gasteiger partial charge in [0.25, 0.3) is 5.56 Å². The largest absolute Gasteiger partial charge is 0.481 e. The van der Waals surface area contributed by atoms with Crippen LogP contribution in [0.5, 0.6) is 5.75 Å². The highest BCUT2D eigenvalue weighted by Crippen LogP contribution is 2.35. The molecule has 0 saturated heterocycles. The number of ether oxygens (including phenoxy) is 1. The lowest BCUT2D eigenvalue weighted by atomic mass is 10.1. The molecule has 0 saturated carbocycles. The molecule has 0 fully saturated rings. The second kappa shape index (κ2) is 11.7. The van der Waals surface area contributed by atoms with Gasteiger partial charge in [-0.1, -0.05) is 88.2 Å². The van der Waals surface area contributed by atoms with Crippen LogP contribution in [-0.2, 0) is 6.61 Å². The molecular formula is C30H24Br2N4O4. The van der Waals surface area contributed by atoms with E-state index in [-0.39, 0.29) is 29.5 Å². The molecule has 0 N–H and O–H groups in total. The Balaban J connectivity index is 1.62. The van der Waals surface area contributed by atoms with Gasteiger partial charge in [0, 0.05) is 26.5 Å². The van der Waals surface area contributed by atoms with Gasteiger partial charge in [-0.3, -0.25) is 14.9 Å². The van der Waals surface area contributed by atoms with Crippen LogP contribution < -0.4 is 10.3 Å². The summed E-state index contributed by atoms with van der Waals surface area (Å²) in [4.78, 5) is 29.8. The lowest BCUT2D eigenvalue weighted by molar-refractivity contribution is -0.386. The fraction of sp³-hybridized carbons (Fsp3) is 0.167. The Morgan fingerprint density at radius 2 is 1.82 bits per heavy atom. The van der Waals surface area contributed by atoms with Gasteiger partial charge in [-0.2, -0.15) is 9.78 Å². The van der Waals surface area contributed by atoms with E-state index in [0.717, 1.165) is 27.2 Å². The zero-order valence-corrected chi connectivity index (χ0v) is 24.8. The molecule has 1 atom stereocenters. The second-order valence-electron chi connectivity index (χ2n) is 9.33. The van der Waals surface area contributed by atoms with E-state index in [1.54, 1.807) is 18.2 Å². The van der Waals surface area contributed by atoms with Crippen LogP contribution in [0.15, 0.2) is 91.6 Å². The summed E-state index contributed by atoms with van der Waals surface area (Å²) < 4.78 is 8.61. The molecule has 5 aromatic rings. The van der Waals surface area contributed by atoms with Gasteiger partial charge >= 0.3 is 5.69 Å². The molecule has 0 amide bonds. The van der Waals surface area contributed by atoms with Gasteiger partial charge in [-0.25, -0.2) is 4.98 Å². The minimum Gasteiger partial charge on any atom is -0.481 e. The number of benzene rings is 4. The first-order valence-electron chi connectivity index (χ1n) is 12.6. The third kappa shape index (κ3) is 5.55. The smallest absolute Gasteiger partial charge is 0.312 e. The standard InChI is InChI=1S/C30H24Br2N4O4/c1-3-18(2)29-34-26-12-11-22(31)14-25(26)30(37)35(29)33-16-21-13-23(32)15-27(36(38)39)28(21)40-17-20-9-6-8-19-7-4-5-10-24(19)20/h4-16,18H,3,17H2,1-2H3/t18-/m0/s1. The van der Waals surface area contributed by atoms with Gasteiger partial charge in [-0.15, -0.1) is 0 Å². The van der Waals surface area contributed by atoms with E-state index in [4.69, 9.17) is 9.72 Å². The van der Waals surface area contributed by atoms with E-state index < -0.39 is 4.92 Å². The van der Waals surface area contributed by atoms with Crippen LogP contribution in [0.2, 0.25) is 0 Å². The molecule has 5 rings (SSSR count). The number of hydrogen-bond acceptors (Lipinski definition) is 6. The molecule has 0 aliphatic rings. The molecule has 0 unspecified atom stereocenters. The van der Waals surface area contributed by atoms with Gasteiger partial charge in [-0.05, 0) is 47.0 Å². The van der Waals surface area contributed by atoms with Crippen LogP contribution in [0.4, 0.5) is 5.69 Å². The molecule has 8 nitrogen and oxygen atoms in total. The minimum atomic E-state index is -0.494. The third-order valence-corrected chi connectivity index (χ3v) is 7.66. The summed E-state index contributed by atoms with van der Waals surface area (Å²) in [6.45, 7) is 4.09. The van der Waals surface area contributed by atoms with Crippen molar-refractivity contribution in [1.29, 1.82) is 0 Å². The zero-order valence-electron chi connectivity index (χ0n) is 21.7. The van der Waals surface area contributed by atoms with Crippen molar-refractivity contribution in [3.8, 4) is 5.75 Å². The number of halogens is 2. The Bertz CT molecular complexity index is 1850. The molecule has 0 aliphatic carbocycles. The number of hydrogen-bond donors (Lipinski definition) is 0. The predicted octanol–water partition coefficient (Wildman–Crippen LogP) is 7.96. The van der Waals surface area contributed by atoms with Crippen LogP contribution in [-0.4, -0.2) is 20.8 Å². The number of rotatable bonds is 8. The maximum Gasteiger partial charge on any atom is 0.312 e. The molecule has 10 heteroatoms. The highest BCUT2D eigenvalue weighted by Gasteiger charge is 2.22. The fourth-order valence-corrected chi connectivity index (χ4v) is 5.28. The predicted molar refractivity (Wildman–Crippen MR) is 164 cm³/mol. The van der Waals surface area contributed by atoms with Crippen LogP contribution in [0.1, 0.15) is 43.1 Å². The van der Waals surface area contributed by atoms with Gasteiger partial charge in [0.05, 0.1) is 22.0 Å². The maximum atomic E-state index is 13.5. The first-order chi connectivity index (χ1) is 19.3. The average Bonchev–Trinajstić information content (AvgIpc) is 2.95. The van der Waals surface area contributed by atoms with E-state index >= 15 is 0 Å². The first-order valence-corrected chi connectivity index (χ1v) is 14.2. The number of nitrogens with zero attached hydrogens (tertiary/aromatic N) is 4. The summed E-state index contributed by atoms with van der Waals surface area (Å²) in [5, 5.41) is 19.0. The molecule has 202 valence electrons. The highest BCUT2D eigenvalue weighted by molar-refractivity contribution is 9.10. The Morgan fingerprint density at radius 3 is 2.60 bits per heavy atom. The highest BCUT2D eigenvalue weighted by atomic mass is 79.9. The summed E-state index contributed by atoms with van der Waals surface area (Å²) in [5.74, 6) is 0.498. The normalized spacial score (nSPS) is 12.3. The molecule has 40 heavy (non-hydrogen) atoms.